The number of carbonyl (C=O) groups is 3. The van der Waals surface area contributed by atoms with Crippen LogP contribution in [-0.4, -0.2) is 70.2 Å². The average Bonchev–Trinajstić information content (AvgIpc) is 3.37. The van der Waals surface area contributed by atoms with Gasteiger partial charge in [-0.15, -0.1) is 0 Å². The van der Waals surface area contributed by atoms with E-state index in [9.17, 15) is 18.8 Å². The number of aryl methyl sites for hydroxylation is 1. The van der Waals surface area contributed by atoms with Crippen LogP contribution in [0.3, 0.4) is 0 Å². The Labute approximate surface area is 263 Å². The molecule has 1 aromatic heterocycles. The first-order valence-corrected chi connectivity index (χ1v) is 15.5. The summed E-state index contributed by atoms with van der Waals surface area (Å²) in [7, 11) is 1.49. The summed E-state index contributed by atoms with van der Waals surface area (Å²) in [5.41, 5.74) is 1.42. The number of rotatable bonds is 6. The molecule has 2 heterocycles. The zero-order valence-electron chi connectivity index (χ0n) is 26.5. The molecule has 12 heteroatoms. The van der Waals surface area contributed by atoms with Crippen molar-refractivity contribution in [2.75, 3.05) is 26.7 Å². The lowest BCUT2D eigenvalue weighted by Crippen LogP contribution is -2.50. The third kappa shape index (κ3) is 9.84. The van der Waals surface area contributed by atoms with Gasteiger partial charge in [-0.25, -0.2) is 14.1 Å². The number of methoxy groups -OCH3 is 1. The van der Waals surface area contributed by atoms with Crippen molar-refractivity contribution in [3.05, 3.63) is 77.1 Å². The van der Waals surface area contributed by atoms with Crippen LogP contribution in [0.1, 0.15) is 61.9 Å². The highest BCUT2D eigenvalue weighted by atomic mass is 19.1. The molecule has 3 amide bonds. The van der Waals surface area contributed by atoms with Crippen LogP contribution in [0.5, 0.6) is 5.75 Å². The molecule has 45 heavy (non-hydrogen) atoms. The van der Waals surface area contributed by atoms with Crippen molar-refractivity contribution in [3.63, 3.8) is 0 Å². The Kier molecular flexibility index (Phi) is 12.0. The molecule has 2 aromatic carbocycles. The number of aromatic nitrogens is 3. The van der Waals surface area contributed by atoms with Gasteiger partial charge in [0.1, 0.15) is 30.0 Å². The molecular formula is C33H44FN7O4. The number of hydrogen-bond donors (Lipinski definition) is 3. The maximum Gasteiger partial charge on any atom is 0.243 e. The highest BCUT2D eigenvalue weighted by Gasteiger charge is 2.29. The summed E-state index contributed by atoms with van der Waals surface area (Å²) in [6.07, 6.45) is 1.63. The van der Waals surface area contributed by atoms with E-state index in [0.717, 1.165) is 5.56 Å². The van der Waals surface area contributed by atoms with Gasteiger partial charge in [-0.1, -0.05) is 50.2 Å². The largest absolute Gasteiger partial charge is 0.497 e. The van der Waals surface area contributed by atoms with E-state index in [4.69, 9.17) is 4.74 Å². The van der Waals surface area contributed by atoms with E-state index < -0.39 is 12.1 Å². The summed E-state index contributed by atoms with van der Waals surface area (Å²) < 4.78 is 21.4. The maximum atomic E-state index is 14.8. The molecule has 2 atom stereocenters. The number of benzene rings is 2. The molecule has 3 aromatic rings. The van der Waals surface area contributed by atoms with Crippen LogP contribution in [0.25, 0.3) is 0 Å². The molecule has 0 aliphatic carbocycles. The minimum atomic E-state index is -0.828. The van der Waals surface area contributed by atoms with Gasteiger partial charge in [0, 0.05) is 44.1 Å². The highest BCUT2D eigenvalue weighted by Crippen LogP contribution is 2.22. The first-order valence-electron chi connectivity index (χ1n) is 15.5. The number of nitrogens with zero attached hydrogens (tertiary/aromatic N) is 4. The molecule has 0 saturated carbocycles. The van der Waals surface area contributed by atoms with Crippen LogP contribution in [0.2, 0.25) is 0 Å². The number of hydrogen-bond acceptors (Lipinski definition) is 7. The summed E-state index contributed by atoms with van der Waals surface area (Å²) in [6, 6.07) is 12.9. The topological polar surface area (TPSA) is 130 Å². The zero-order valence-corrected chi connectivity index (χ0v) is 26.5. The van der Waals surface area contributed by atoms with Gasteiger partial charge in [-0.05, 0) is 43.9 Å². The Hall–Kier alpha value is -4.32. The first kappa shape index (κ1) is 33.6. The Bertz CT molecular complexity index is 1450. The van der Waals surface area contributed by atoms with Gasteiger partial charge < -0.3 is 20.7 Å². The molecule has 4 rings (SSSR count). The van der Waals surface area contributed by atoms with Gasteiger partial charge in [0.05, 0.1) is 13.2 Å². The summed E-state index contributed by atoms with van der Waals surface area (Å²) in [6.45, 7) is 7.46. The number of carbonyl (C=O) groups excluding carboxylic acids is 3. The van der Waals surface area contributed by atoms with Crippen LogP contribution in [0.4, 0.5) is 4.39 Å². The molecule has 0 radical (unpaired) electrons. The van der Waals surface area contributed by atoms with E-state index in [-0.39, 0.29) is 42.4 Å². The van der Waals surface area contributed by atoms with Crippen LogP contribution in [-0.2, 0) is 33.9 Å². The molecule has 0 spiro atoms. The Balaban J connectivity index is 1.58. The molecule has 0 fully saturated rings. The second-order valence-corrected chi connectivity index (χ2v) is 11.8. The summed E-state index contributed by atoms with van der Waals surface area (Å²) in [4.78, 5) is 46.6. The summed E-state index contributed by atoms with van der Waals surface area (Å²) in [5.74, 6) is 0.153. The monoisotopic (exact) mass is 621 g/mol. The lowest BCUT2D eigenvalue weighted by atomic mass is 10.0. The fraction of sp³-hybridized carbons (Fsp3) is 0.485. The van der Waals surface area contributed by atoms with Crippen molar-refractivity contribution >= 4 is 17.7 Å². The fourth-order valence-electron chi connectivity index (χ4n) is 5.41. The van der Waals surface area contributed by atoms with E-state index in [1.54, 1.807) is 19.1 Å². The van der Waals surface area contributed by atoms with Gasteiger partial charge in [-0.3, -0.25) is 19.3 Å². The number of halogens is 1. The normalized spacial score (nSPS) is 19.6. The van der Waals surface area contributed by atoms with Crippen LogP contribution in [0.15, 0.2) is 48.5 Å². The second-order valence-electron chi connectivity index (χ2n) is 11.8. The first-order chi connectivity index (χ1) is 21.6. The van der Waals surface area contributed by atoms with Crippen molar-refractivity contribution in [1.82, 2.24) is 35.6 Å². The molecule has 0 saturated heterocycles. The van der Waals surface area contributed by atoms with Gasteiger partial charge >= 0.3 is 0 Å². The number of nitrogens with one attached hydrogen (secondary N) is 3. The van der Waals surface area contributed by atoms with E-state index in [2.05, 4.69) is 30.9 Å². The fourth-order valence-corrected chi connectivity index (χ4v) is 5.41. The lowest BCUT2D eigenvalue weighted by Gasteiger charge is -2.26. The van der Waals surface area contributed by atoms with Crippen molar-refractivity contribution in [2.24, 2.45) is 5.92 Å². The van der Waals surface area contributed by atoms with E-state index in [1.165, 1.54) is 17.9 Å². The lowest BCUT2D eigenvalue weighted by molar-refractivity contribution is -0.129. The number of fused-ring (bicyclic) bond motifs is 1. The number of ether oxygens (including phenoxy) is 1. The minimum absolute atomic E-state index is 0.0553. The Morgan fingerprint density at radius 3 is 2.49 bits per heavy atom. The van der Waals surface area contributed by atoms with Crippen LogP contribution >= 0.6 is 0 Å². The predicted molar refractivity (Wildman–Crippen MR) is 168 cm³/mol. The van der Waals surface area contributed by atoms with Crippen molar-refractivity contribution < 1.29 is 23.5 Å². The van der Waals surface area contributed by atoms with Gasteiger partial charge in [0.2, 0.25) is 17.7 Å². The van der Waals surface area contributed by atoms with Crippen LogP contribution < -0.4 is 20.7 Å². The third-order valence-corrected chi connectivity index (χ3v) is 7.78. The smallest absolute Gasteiger partial charge is 0.243 e. The van der Waals surface area contributed by atoms with Crippen LogP contribution in [0, 0.1) is 18.7 Å². The van der Waals surface area contributed by atoms with E-state index in [0.29, 0.717) is 68.4 Å². The second kappa shape index (κ2) is 16.1. The van der Waals surface area contributed by atoms with Gasteiger partial charge in [-0.2, -0.15) is 5.10 Å². The molecule has 242 valence electrons. The van der Waals surface area contributed by atoms with E-state index in [1.807, 2.05) is 44.2 Å². The SMILES string of the molecule is COc1ccc(CN2CCCNC(=O)Cn3nc(C)nc3[C@H](C(C)C)NC(=O)[C@@H](Cc3ccccc3)NC(=O)CCC2)c(F)c1. The zero-order chi connectivity index (χ0) is 32.3. The maximum absolute atomic E-state index is 14.8. The summed E-state index contributed by atoms with van der Waals surface area (Å²) >= 11 is 0. The molecule has 3 N–H and O–H groups in total. The molecule has 1 aliphatic rings. The Morgan fingerprint density at radius 2 is 1.78 bits per heavy atom. The van der Waals surface area contributed by atoms with Gasteiger partial charge in [0.25, 0.3) is 0 Å². The minimum Gasteiger partial charge on any atom is -0.497 e. The quantitative estimate of drug-likeness (QED) is 0.386. The molecule has 0 bridgehead atoms. The standard InChI is InChI=1S/C33H44FN7O4/c1-22(2)31-32-36-23(3)39-41(32)21-30(43)35-15-9-17-40(20-25-13-14-26(45-4)19-27(25)34)16-8-12-29(42)37-28(33(44)38-31)18-24-10-6-5-7-11-24/h5-7,10-11,13-14,19,22,28,31H,8-9,12,15-18,20-21H2,1-4H3,(H,35,43)(H,37,42)(H,38,44)/t28-,31+/m1/s1. The van der Waals surface area contributed by atoms with Crippen molar-refractivity contribution in [1.29, 1.82) is 0 Å². The third-order valence-electron chi connectivity index (χ3n) is 7.78. The Morgan fingerprint density at radius 1 is 1.02 bits per heavy atom. The molecular weight excluding hydrogens is 577 g/mol. The van der Waals surface area contributed by atoms with Crippen molar-refractivity contribution in [2.45, 2.75) is 71.6 Å². The van der Waals surface area contributed by atoms with Gasteiger partial charge in [0.15, 0.2) is 5.82 Å². The molecule has 0 unspecified atom stereocenters. The molecule has 11 nitrogen and oxygen atoms in total. The summed E-state index contributed by atoms with van der Waals surface area (Å²) in [5, 5.41) is 13.4. The predicted octanol–water partition coefficient (Wildman–Crippen LogP) is 3.08. The van der Waals surface area contributed by atoms with E-state index >= 15 is 0 Å². The van der Waals surface area contributed by atoms with Crippen molar-refractivity contribution in [3.8, 4) is 5.75 Å². The number of amides is 3. The highest BCUT2D eigenvalue weighted by molar-refractivity contribution is 5.88. The average molecular weight is 622 g/mol. The molecule has 1 aliphatic heterocycles.